The monoisotopic (exact) mass is 348 g/mol. The molecule has 0 saturated heterocycles. The van der Waals surface area contributed by atoms with Crippen LogP contribution in [0.15, 0.2) is 18.2 Å². The van der Waals surface area contributed by atoms with Crippen LogP contribution in [0.4, 0.5) is 17.6 Å². The highest BCUT2D eigenvalue weighted by atomic mass is 19.4. The number of ether oxygens (including phenoxy) is 1. The molecule has 1 saturated carbocycles. The van der Waals surface area contributed by atoms with Gasteiger partial charge in [-0.2, -0.15) is 13.2 Å². The maximum absolute atomic E-state index is 14.0. The van der Waals surface area contributed by atoms with Crippen LogP contribution in [0.5, 0.6) is 5.75 Å². The Hall–Kier alpha value is -1.63. The molecule has 2 atom stereocenters. The van der Waals surface area contributed by atoms with Crippen LogP contribution in [0.2, 0.25) is 0 Å². The van der Waals surface area contributed by atoms with Crippen LogP contribution in [-0.4, -0.2) is 30.3 Å². The third-order valence-corrected chi connectivity index (χ3v) is 5.19. The third-order valence-electron chi connectivity index (χ3n) is 5.19. The van der Waals surface area contributed by atoms with Crippen molar-refractivity contribution >= 4 is 6.29 Å². The summed E-state index contributed by atoms with van der Waals surface area (Å²) in [5.74, 6) is -2.24. The molecule has 0 amide bonds. The van der Waals surface area contributed by atoms with E-state index in [0.717, 1.165) is 6.07 Å². The van der Waals surface area contributed by atoms with Crippen LogP contribution in [0, 0.1) is 11.7 Å². The van der Waals surface area contributed by atoms with Gasteiger partial charge in [-0.3, -0.25) is 4.79 Å². The summed E-state index contributed by atoms with van der Waals surface area (Å²) in [4.78, 5) is 11.2. The van der Waals surface area contributed by atoms with Gasteiger partial charge in [0.05, 0.1) is 7.11 Å². The lowest BCUT2D eigenvalue weighted by molar-refractivity contribution is -0.272. The van der Waals surface area contributed by atoms with Gasteiger partial charge < -0.3 is 9.84 Å². The first kappa shape index (κ1) is 18.7. The predicted octanol–water partition coefficient (Wildman–Crippen LogP) is 3.77. The molecule has 7 heteroatoms. The zero-order valence-corrected chi connectivity index (χ0v) is 13.5. The number of hydrogen-bond acceptors (Lipinski definition) is 3. The van der Waals surface area contributed by atoms with Crippen LogP contribution >= 0.6 is 0 Å². The van der Waals surface area contributed by atoms with Crippen molar-refractivity contribution in [1.29, 1.82) is 0 Å². The topological polar surface area (TPSA) is 46.5 Å². The van der Waals surface area contributed by atoms with E-state index in [-0.39, 0.29) is 17.7 Å². The van der Waals surface area contributed by atoms with Crippen LogP contribution in [0.1, 0.15) is 38.2 Å². The van der Waals surface area contributed by atoms with Crippen LogP contribution < -0.4 is 4.74 Å². The van der Waals surface area contributed by atoms with Gasteiger partial charge in [0.25, 0.3) is 0 Å². The van der Waals surface area contributed by atoms with Crippen LogP contribution in [-0.2, 0) is 10.2 Å². The van der Waals surface area contributed by atoms with Gasteiger partial charge in [0, 0.05) is 16.9 Å². The van der Waals surface area contributed by atoms with E-state index in [0.29, 0.717) is 19.3 Å². The van der Waals surface area contributed by atoms with Crippen LogP contribution in [0.25, 0.3) is 0 Å². The van der Waals surface area contributed by atoms with E-state index in [1.165, 1.54) is 26.2 Å². The van der Waals surface area contributed by atoms with Crippen molar-refractivity contribution in [2.45, 2.75) is 49.8 Å². The van der Waals surface area contributed by atoms with Crippen molar-refractivity contribution in [3.05, 3.63) is 29.6 Å². The Morgan fingerprint density at radius 1 is 1.38 bits per heavy atom. The maximum Gasteiger partial charge on any atom is 0.424 e. The van der Waals surface area contributed by atoms with E-state index < -0.39 is 35.2 Å². The molecule has 1 aromatic carbocycles. The number of hydrogen-bond donors (Lipinski definition) is 1. The van der Waals surface area contributed by atoms with Gasteiger partial charge in [0.2, 0.25) is 5.60 Å². The van der Waals surface area contributed by atoms with E-state index in [9.17, 15) is 27.5 Å². The Morgan fingerprint density at radius 3 is 2.38 bits per heavy atom. The molecule has 1 aliphatic carbocycles. The van der Waals surface area contributed by atoms with E-state index >= 15 is 0 Å². The molecular weight excluding hydrogens is 328 g/mol. The molecule has 0 heterocycles. The summed E-state index contributed by atoms with van der Waals surface area (Å²) >= 11 is 0. The van der Waals surface area contributed by atoms with Crippen molar-refractivity contribution in [2.75, 3.05) is 7.11 Å². The lowest BCUT2D eigenvalue weighted by Crippen LogP contribution is -2.61. The Kier molecular flexibility index (Phi) is 4.95. The van der Waals surface area contributed by atoms with E-state index in [1.807, 2.05) is 0 Å². The van der Waals surface area contributed by atoms with Crippen molar-refractivity contribution < 1.29 is 32.2 Å². The number of carbonyl (C=O) groups excluding carboxylic acids is 1. The van der Waals surface area contributed by atoms with Crippen molar-refractivity contribution in [3.63, 3.8) is 0 Å². The van der Waals surface area contributed by atoms with Crippen molar-refractivity contribution in [1.82, 2.24) is 0 Å². The quantitative estimate of drug-likeness (QED) is 0.629. The lowest BCUT2D eigenvalue weighted by atomic mass is 9.52. The average molecular weight is 348 g/mol. The molecule has 1 aromatic rings. The van der Waals surface area contributed by atoms with Gasteiger partial charge in [-0.1, -0.05) is 25.5 Å². The van der Waals surface area contributed by atoms with Crippen molar-refractivity contribution in [3.8, 4) is 5.75 Å². The number of carbonyl (C=O) groups is 1. The van der Waals surface area contributed by atoms with Gasteiger partial charge in [-0.25, -0.2) is 4.39 Å². The molecule has 2 rings (SSSR count). The molecule has 0 aromatic heterocycles. The molecule has 0 bridgehead atoms. The minimum absolute atomic E-state index is 0.0889. The van der Waals surface area contributed by atoms with E-state index in [1.54, 1.807) is 0 Å². The van der Waals surface area contributed by atoms with Gasteiger partial charge in [-0.05, 0) is 25.3 Å². The molecular formula is C17H20F4O3. The second kappa shape index (κ2) is 6.35. The maximum atomic E-state index is 14.0. The molecule has 2 unspecified atom stereocenters. The van der Waals surface area contributed by atoms with Gasteiger partial charge in [-0.15, -0.1) is 0 Å². The summed E-state index contributed by atoms with van der Waals surface area (Å²) in [7, 11) is 1.24. The largest absolute Gasteiger partial charge is 0.493 e. The summed E-state index contributed by atoms with van der Waals surface area (Å²) < 4.78 is 59.4. The number of halogens is 4. The third kappa shape index (κ3) is 2.59. The summed E-state index contributed by atoms with van der Waals surface area (Å²) in [5, 5.41) is 10.2. The van der Waals surface area contributed by atoms with E-state index in [2.05, 4.69) is 0 Å². The van der Waals surface area contributed by atoms with E-state index in [4.69, 9.17) is 4.74 Å². The standard InChI is InChI=1S/C17H20F4O3/c1-3-13(16(23,10-22)17(19,20)21)15(8-5-9-15)11-6-4-7-12(18)14(11)24-2/h4,6-7,10,13,23H,3,5,8-9H2,1-2H3. The number of rotatable bonds is 6. The van der Waals surface area contributed by atoms with Gasteiger partial charge >= 0.3 is 6.18 Å². The number of para-hydroxylation sites is 1. The highest BCUT2D eigenvalue weighted by Gasteiger charge is 2.65. The number of benzene rings is 1. The Morgan fingerprint density at radius 2 is 2.00 bits per heavy atom. The lowest BCUT2D eigenvalue weighted by Gasteiger charge is -2.52. The first-order valence-electron chi connectivity index (χ1n) is 7.76. The van der Waals surface area contributed by atoms with Crippen molar-refractivity contribution in [2.24, 2.45) is 5.92 Å². The highest BCUT2D eigenvalue weighted by molar-refractivity contribution is 5.65. The molecule has 0 aliphatic heterocycles. The Bertz CT molecular complexity index is 610. The Labute approximate surface area is 137 Å². The number of methoxy groups -OCH3 is 1. The smallest absolute Gasteiger partial charge is 0.424 e. The average Bonchev–Trinajstić information content (AvgIpc) is 2.48. The zero-order valence-electron chi connectivity index (χ0n) is 13.5. The first-order valence-corrected chi connectivity index (χ1v) is 7.76. The minimum Gasteiger partial charge on any atom is -0.493 e. The first-order chi connectivity index (χ1) is 11.2. The normalized spacial score (nSPS) is 20.6. The molecule has 1 aliphatic rings. The zero-order chi connectivity index (χ0) is 18.2. The molecule has 134 valence electrons. The summed E-state index contributed by atoms with van der Waals surface area (Å²) in [5.41, 5.74) is -4.38. The number of aliphatic hydroxyl groups is 1. The second-order valence-corrected chi connectivity index (χ2v) is 6.23. The predicted molar refractivity (Wildman–Crippen MR) is 79.3 cm³/mol. The summed E-state index contributed by atoms with van der Waals surface area (Å²) in [6.45, 7) is 1.48. The van der Waals surface area contributed by atoms with Crippen LogP contribution in [0.3, 0.4) is 0 Å². The van der Waals surface area contributed by atoms with Gasteiger partial charge in [0.15, 0.2) is 17.9 Å². The molecule has 3 nitrogen and oxygen atoms in total. The fraction of sp³-hybridized carbons (Fsp3) is 0.588. The summed E-state index contributed by atoms with van der Waals surface area (Å²) in [6, 6.07) is 4.06. The molecule has 1 N–H and O–H groups in total. The fourth-order valence-electron chi connectivity index (χ4n) is 3.94. The second-order valence-electron chi connectivity index (χ2n) is 6.23. The molecule has 0 radical (unpaired) electrons. The van der Waals surface area contributed by atoms with Gasteiger partial charge in [0.1, 0.15) is 0 Å². The molecule has 24 heavy (non-hydrogen) atoms. The summed E-state index contributed by atoms with van der Waals surface area (Å²) in [6.07, 6.45) is -4.38. The number of alkyl halides is 3. The molecule has 1 fully saturated rings. The minimum atomic E-state index is -5.11. The number of aldehydes is 1. The highest BCUT2D eigenvalue weighted by Crippen LogP contribution is 2.58. The fourth-order valence-corrected chi connectivity index (χ4v) is 3.94. The molecule has 0 spiro atoms. The Balaban J connectivity index is 2.64. The SMILES string of the molecule is CCC(C1(c2cccc(F)c2OC)CCC1)C(O)(C=O)C(F)(F)F.